The predicted octanol–water partition coefficient (Wildman–Crippen LogP) is 1.24. The summed E-state index contributed by atoms with van der Waals surface area (Å²) in [6.07, 6.45) is 4.31. The van der Waals surface area contributed by atoms with Crippen molar-refractivity contribution in [2.75, 3.05) is 0 Å². The van der Waals surface area contributed by atoms with E-state index in [1.807, 2.05) is 12.1 Å². The molecule has 0 aliphatic heterocycles. The molecule has 76 valence electrons. The van der Waals surface area contributed by atoms with E-state index >= 15 is 0 Å². The molecule has 1 aromatic rings. The second kappa shape index (κ2) is 5.67. The van der Waals surface area contributed by atoms with Crippen molar-refractivity contribution in [1.29, 1.82) is 0 Å². The van der Waals surface area contributed by atoms with Gasteiger partial charge in [-0.1, -0.05) is 12.2 Å². The first kappa shape index (κ1) is 11.1. The van der Waals surface area contributed by atoms with Crippen LogP contribution in [0.5, 0.6) is 0 Å². The van der Waals surface area contributed by atoms with Gasteiger partial charge in [0.2, 0.25) is 0 Å². The van der Waals surface area contributed by atoms with Crippen molar-refractivity contribution < 1.29 is 0 Å². The number of thiocarbonyl (C=S) groups is 1. The third kappa shape index (κ3) is 4.30. The molecule has 1 aromatic heterocycles. The van der Waals surface area contributed by atoms with Gasteiger partial charge in [0.05, 0.1) is 4.99 Å². The Morgan fingerprint density at radius 3 is 2.79 bits per heavy atom. The van der Waals surface area contributed by atoms with Crippen molar-refractivity contribution in [3.8, 4) is 0 Å². The molecule has 0 saturated carbocycles. The average Bonchev–Trinajstić information content (AvgIpc) is 2.15. The summed E-state index contributed by atoms with van der Waals surface area (Å²) in [5.41, 5.74) is 6.66. The molecule has 0 radical (unpaired) electrons. The fourth-order valence-corrected chi connectivity index (χ4v) is 1.42. The molecule has 0 amide bonds. The Bertz CT molecular complexity index is 287. The fraction of sp³-hybridized carbons (Fsp3) is 0.400. The number of rotatable bonds is 5. The molecule has 1 atom stereocenters. The summed E-state index contributed by atoms with van der Waals surface area (Å²) in [5, 5.41) is 3.33. The van der Waals surface area contributed by atoms with Crippen molar-refractivity contribution in [3.63, 3.8) is 0 Å². The van der Waals surface area contributed by atoms with Gasteiger partial charge in [0.1, 0.15) is 0 Å². The number of nitrogens with two attached hydrogens (primary N) is 1. The molecule has 0 bridgehead atoms. The number of hydrogen-bond donors (Lipinski definition) is 2. The maximum Gasteiger partial charge on any atom is 0.0742 e. The van der Waals surface area contributed by atoms with Gasteiger partial charge in [0.25, 0.3) is 0 Å². The van der Waals surface area contributed by atoms with Crippen molar-refractivity contribution in [1.82, 2.24) is 10.3 Å². The monoisotopic (exact) mass is 209 g/mol. The van der Waals surface area contributed by atoms with Crippen LogP contribution in [0, 0.1) is 0 Å². The highest BCUT2D eigenvalue weighted by atomic mass is 32.1. The summed E-state index contributed by atoms with van der Waals surface area (Å²) in [4.78, 5) is 4.51. The molecule has 3 nitrogen and oxygen atoms in total. The largest absolute Gasteiger partial charge is 0.393 e. The van der Waals surface area contributed by atoms with Crippen LogP contribution in [-0.4, -0.2) is 16.0 Å². The van der Waals surface area contributed by atoms with Gasteiger partial charge in [-0.3, -0.25) is 4.98 Å². The van der Waals surface area contributed by atoms with Crippen molar-refractivity contribution in [2.24, 2.45) is 5.73 Å². The lowest BCUT2D eigenvalue weighted by atomic mass is 10.2. The smallest absolute Gasteiger partial charge is 0.0742 e. The van der Waals surface area contributed by atoms with Gasteiger partial charge >= 0.3 is 0 Å². The first-order chi connectivity index (χ1) is 6.68. The molecule has 1 rings (SSSR count). The summed E-state index contributed by atoms with van der Waals surface area (Å²) >= 11 is 4.83. The second-order valence-electron chi connectivity index (χ2n) is 3.31. The number of hydrogen-bond acceptors (Lipinski definition) is 3. The maximum absolute atomic E-state index is 5.44. The van der Waals surface area contributed by atoms with Crippen LogP contribution in [0.2, 0.25) is 0 Å². The molecule has 0 spiro atoms. The minimum absolute atomic E-state index is 0.320. The molecule has 0 fully saturated rings. The van der Waals surface area contributed by atoms with Gasteiger partial charge in [0, 0.05) is 31.4 Å². The summed E-state index contributed by atoms with van der Waals surface area (Å²) < 4.78 is 0. The zero-order valence-electron chi connectivity index (χ0n) is 8.23. The Balaban J connectivity index is 2.30. The normalized spacial score (nSPS) is 12.4. The lowest BCUT2D eigenvalue weighted by molar-refractivity contribution is 0.564. The van der Waals surface area contributed by atoms with E-state index in [1.54, 1.807) is 12.4 Å². The minimum Gasteiger partial charge on any atom is -0.393 e. The molecule has 0 aliphatic carbocycles. The van der Waals surface area contributed by atoms with Gasteiger partial charge in [0.15, 0.2) is 0 Å². The van der Waals surface area contributed by atoms with E-state index in [-0.39, 0.29) is 0 Å². The van der Waals surface area contributed by atoms with Crippen LogP contribution >= 0.6 is 12.2 Å². The zero-order chi connectivity index (χ0) is 10.4. The van der Waals surface area contributed by atoms with Crippen LogP contribution in [-0.2, 0) is 6.54 Å². The second-order valence-corrected chi connectivity index (χ2v) is 3.83. The highest BCUT2D eigenvalue weighted by Gasteiger charge is 2.02. The molecule has 3 N–H and O–H groups in total. The highest BCUT2D eigenvalue weighted by molar-refractivity contribution is 7.80. The minimum atomic E-state index is 0.320. The first-order valence-corrected chi connectivity index (χ1v) is 5.00. The van der Waals surface area contributed by atoms with Gasteiger partial charge < -0.3 is 11.1 Å². The Morgan fingerprint density at radius 1 is 1.57 bits per heavy atom. The molecular formula is C10H15N3S. The SMILES string of the molecule is CC(CC(N)=S)NCc1ccncc1. The number of nitrogens with zero attached hydrogens (tertiary/aromatic N) is 1. The molecule has 0 aliphatic rings. The van der Waals surface area contributed by atoms with Crippen molar-refractivity contribution >= 4 is 17.2 Å². The molecule has 14 heavy (non-hydrogen) atoms. The van der Waals surface area contributed by atoms with E-state index in [1.165, 1.54) is 5.56 Å². The molecule has 4 heteroatoms. The van der Waals surface area contributed by atoms with E-state index in [9.17, 15) is 0 Å². The van der Waals surface area contributed by atoms with Crippen LogP contribution in [0.3, 0.4) is 0 Å². The molecular weight excluding hydrogens is 194 g/mol. The first-order valence-electron chi connectivity index (χ1n) is 4.59. The topological polar surface area (TPSA) is 50.9 Å². The van der Waals surface area contributed by atoms with Gasteiger partial charge in [-0.15, -0.1) is 0 Å². The Labute approximate surface area is 89.7 Å². The van der Waals surface area contributed by atoms with Gasteiger partial charge in [-0.05, 0) is 24.6 Å². The molecule has 1 unspecified atom stereocenters. The van der Waals surface area contributed by atoms with Gasteiger partial charge in [-0.2, -0.15) is 0 Å². The lowest BCUT2D eigenvalue weighted by Crippen LogP contribution is -2.29. The fourth-order valence-electron chi connectivity index (χ4n) is 1.17. The van der Waals surface area contributed by atoms with Crippen LogP contribution in [0.4, 0.5) is 0 Å². The highest BCUT2D eigenvalue weighted by Crippen LogP contribution is 1.97. The van der Waals surface area contributed by atoms with E-state index in [4.69, 9.17) is 18.0 Å². The third-order valence-electron chi connectivity index (χ3n) is 1.91. The van der Waals surface area contributed by atoms with E-state index in [0.29, 0.717) is 11.0 Å². The predicted molar refractivity (Wildman–Crippen MR) is 61.9 cm³/mol. The van der Waals surface area contributed by atoms with Crippen LogP contribution in [0.15, 0.2) is 24.5 Å². The zero-order valence-corrected chi connectivity index (χ0v) is 9.05. The number of nitrogens with one attached hydrogen (secondary N) is 1. The van der Waals surface area contributed by atoms with Crippen molar-refractivity contribution in [3.05, 3.63) is 30.1 Å². The summed E-state index contributed by atoms with van der Waals surface area (Å²) in [5.74, 6) is 0. The Morgan fingerprint density at radius 2 is 2.21 bits per heavy atom. The van der Waals surface area contributed by atoms with Gasteiger partial charge in [-0.25, -0.2) is 0 Å². The lowest BCUT2D eigenvalue weighted by Gasteiger charge is -2.12. The van der Waals surface area contributed by atoms with Crippen LogP contribution in [0.1, 0.15) is 18.9 Å². The summed E-state index contributed by atoms with van der Waals surface area (Å²) in [6.45, 7) is 2.90. The number of aromatic nitrogens is 1. The van der Waals surface area contributed by atoms with E-state index < -0.39 is 0 Å². The maximum atomic E-state index is 5.44. The average molecular weight is 209 g/mol. The number of pyridine rings is 1. The summed E-state index contributed by atoms with van der Waals surface area (Å²) in [6, 6.07) is 4.29. The van der Waals surface area contributed by atoms with Crippen molar-refractivity contribution in [2.45, 2.75) is 25.9 Å². The summed E-state index contributed by atoms with van der Waals surface area (Å²) in [7, 11) is 0. The quantitative estimate of drug-likeness (QED) is 0.716. The van der Waals surface area contributed by atoms with Crippen LogP contribution in [0.25, 0.3) is 0 Å². The van der Waals surface area contributed by atoms with E-state index in [2.05, 4.69) is 17.2 Å². The molecule has 1 heterocycles. The Kier molecular flexibility index (Phi) is 4.49. The molecule has 0 saturated heterocycles. The molecule has 0 aromatic carbocycles. The standard InChI is InChI=1S/C10H15N3S/c1-8(6-10(11)14)13-7-9-2-4-12-5-3-9/h2-5,8,13H,6-7H2,1H3,(H2,11,14). The Hall–Kier alpha value is -1.00. The van der Waals surface area contributed by atoms with E-state index in [0.717, 1.165) is 13.0 Å². The third-order valence-corrected chi connectivity index (χ3v) is 2.08. The van der Waals surface area contributed by atoms with Crippen LogP contribution < -0.4 is 11.1 Å².